The molecule has 7 nitrogen and oxygen atoms in total. The number of benzene rings is 1. The zero-order valence-electron chi connectivity index (χ0n) is 13.0. The van der Waals surface area contributed by atoms with E-state index < -0.39 is 23.3 Å². The van der Waals surface area contributed by atoms with Crippen molar-refractivity contribution in [3.05, 3.63) is 46.3 Å². The molecule has 1 saturated heterocycles. The summed E-state index contributed by atoms with van der Waals surface area (Å²) in [5.41, 5.74) is -0.0856. The quantitative estimate of drug-likeness (QED) is 0.893. The molecule has 24 heavy (non-hydrogen) atoms. The molecule has 0 saturated carbocycles. The molecule has 2 aromatic rings. The lowest BCUT2D eigenvalue weighted by atomic mass is 10.2. The van der Waals surface area contributed by atoms with Gasteiger partial charge < -0.3 is 14.6 Å². The number of hydrogen-bond acceptors (Lipinski definition) is 5. The van der Waals surface area contributed by atoms with Crippen molar-refractivity contribution < 1.29 is 18.0 Å². The smallest absolute Gasteiger partial charge is 0.393 e. The Balaban J connectivity index is 1.61. The van der Waals surface area contributed by atoms with Crippen molar-refractivity contribution in [3.63, 3.8) is 0 Å². The highest BCUT2D eigenvalue weighted by molar-refractivity contribution is 5.76. The van der Waals surface area contributed by atoms with Gasteiger partial charge >= 0.3 is 5.76 Å². The lowest BCUT2D eigenvalue weighted by Gasteiger charge is -2.20. The maximum absolute atomic E-state index is 13.8. The Morgan fingerprint density at radius 1 is 1.42 bits per heavy atom. The number of carbonyl (C=O) groups excluding carboxylic acids is 1. The van der Waals surface area contributed by atoms with Gasteiger partial charge in [0.25, 0.3) is 0 Å². The number of anilines is 1. The van der Waals surface area contributed by atoms with Gasteiger partial charge in [0, 0.05) is 26.1 Å². The number of rotatable bonds is 4. The van der Waals surface area contributed by atoms with Crippen LogP contribution in [0.5, 0.6) is 0 Å². The largest absolute Gasteiger partial charge is 0.437 e. The Hall–Kier alpha value is -2.71. The van der Waals surface area contributed by atoms with E-state index in [0.29, 0.717) is 13.0 Å². The standard InChI is InChI=1S/C15H16F2N4O3/c1-9-19-21(15(23)24-9)8-13(22)18-10-5-6-20(7-10)14-11(16)3-2-4-12(14)17/h2-4,10H,5-8H2,1H3,(H,18,22). The van der Waals surface area contributed by atoms with Crippen molar-refractivity contribution in [3.8, 4) is 0 Å². The molecule has 1 aliphatic heterocycles. The topological polar surface area (TPSA) is 80.4 Å². The molecule has 1 aromatic carbocycles. The maximum Gasteiger partial charge on any atom is 0.437 e. The highest BCUT2D eigenvalue weighted by Gasteiger charge is 2.27. The zero-order chi connectivity index (χ0) is 17.3. The third-order valence-electron chi connectivity index (χ3n) is 3.81. The molecule has 9 heteroatoms. The molecular weight excluding hydrogens is 322 g/mol. The van der Waals surface area contributed by atoms with Crippen LogP contribution in [-0.2, 0) is 11.3 Å². The predicted octanol–water partition coefficient (Wildman–Crippen LogP) is 0.818. The summed E-state index contributed by atoms with van der Waals surface area (Å²) in [5.74, 6) is -2.21. The molecule has 1 fully saturated rings. The number of hydrogen-bond donors (Lipinski definition) is 1. The average molecular weight is 338 g/mol. The first-order valence-corrected chi connectivity index (χ1v) is 7.47. The van der Waals surface area contributed by atoms with E-state index in [4.69, 9.17) is 4.42 Å². The van der Waals surface area contributed by atoms with Crippen molar-refractivity contribution in [2.75, 3.05) is 18.0 Å². The van der Waals surface area contributed by atoms with Gasteiger partial charge in [-0.05, 0) is 18.6 Å². The van der Waals surface area contributed by atoms with Crippen molar-refractivity contribution in [1.82, 2.24) is 15.1 Å². The van der Waals surface area contributed by atoms with Gasteiger partial charge in [0.1, 0.15) is 23.9 Å². The lowest BCUT2D eigenvalue weighted by Crippen LogP contribution is -2.40. The van der Waals surface area contributed by atoms with Crippen LogP contribution in [0.15, 0.2) is 27.4 Å². The SMILES string of the molecule is Cc1nn(CC(=O)NC2CCN(c3c(F)cccc3F)C2)c(=O)o1. The van der Waals surface area contributed by atoms with Crippen LogP contribution in [-0.4, -0.2) is 34.8 Å². The van der Waals surface area contributed by atoms with Crippen molar-refractivity contribution in [2.24, 2.45) is 0 Å². The van der Waals surface area contributed by atoms with Gasteiger partial charge in [-0.1, -0.05) is 6.07 Å². The molecule has 128 valence electrons. The second-order valence-electron chi connectivity index (χ2n) is 5.61. The van der Waals surface area contributed by atoms with Crippen LogP contribution in [0.4, 0.5) is 14.5 Å². The highest BCUT2D eigenvalue weighted by Crippen LogP contribution is 2.26. The third-order valence-corrected chi connectivity index (χ3v) is 3.81. The molecule has 1 aromatic heterocycles. The molecule has 1 amide bonds. The molecule has 0 radical (unpaired) electrons. The molecule has 1 atom stereocenters. The van der Waals surface area contributed by atoms with Crippen molar-refractivity contribution >= 4 is 11.6 Å². The van der Waals surface area contributed by atoms with E-state index in [1.54, 1.807) is 4.90 Å². The van der Waals surface area contributed by atoms with E-state index >= 15 is 0 Å². The van der Waals surface area contributed by atoms with Crippen LogP contribution in [0.25, 0.3) is 0 Å². The van der Waals surface area contributed by atoms with Gasteiger partial charge in [-0.25, -0.2) is 13.6 Å². The summed E-state index contributed by atoms with van der Waals surface area (Å²) in [4.78, 5) is 24.9. The Labute approximate surface area is 135 Å². The number of aromatic nitrogens is 2. The summed E-state index contributed by atoms with van der Waals surface area (Å²) in [5, 5.41) is 6.51. The number of para-hydroxylation sites is 1. The number of amides is 1. The first-order valence-electron chi connectivity index (χ1n) is 7.47. The summed E-state index contributed by atoms with van der Waals surface area (Å²) in [6.45, 7) is 1.95. The van der Waals surface area contributed by atoms with Crippen molar-refractivity contribution in [2.45, 2.75) is 25.9 Å². The third kappa shape index (κ3) is 3.29. The van der Waals surface area contributed by atoms with E-state index in [1.807, 2.05) is 0 Å². The van der Waals surface area contributed by atoms with Crippen LogP contribution in [0.1, 0.15) is 12.3 Å². The van der Waals surface area contributed by atoms with E-state index in [1.165, 1.54) is 25.1 Å². The number of carbonyl (C=O) groups is 1. The van der Waals surface area contributed by atoms with Crippen LogP contribution >= 0.6 is 0 Å². The van der Waals surface area contributed by atoms with Crippen LogP contribution in [0.2, 0.25) is 0 Å². The molecule has 2 heterocycles. The maximum atomic E-state index is 13.8. The second-order valence-corrected chi connectivity index (χ2v) is 5.61. The van der Waals surface area contributed by atoms with E-state index in [0.717, 1.165) is 4.68 Å². The summed E-state index contributed by atoms with van der Waals surface area (Å²) in [6, 6.07) is 3.44. The highest BCUT2D eigenvalue weighted by atomic mass is 19.1. The molecule has 0 aliphatic carbocycles. The van der Waals surface area contributed by atoms with Crippen LogP contribution < -0.4 is 16.0 Å². The number of halogens is 2. The molecule has 3 rings (SSSR count). The molecule has 1 aliphatic rings. The summed E-state index contributed by atoms with van der Waals surface area (Å²) < 4.78 is 33.2. The Kier molecular flexibility index (Phi) is 4.32. The first-order chi connectivity index (χ1) is 11.4. The van der Waals surface area contributed by atoms with Gasteiger partial charge in [-0.3, -0.25) is 4.79 Å². The van der Waals surface area contributed by atoms with Crippen LogP contribution in [0, 0.1) is 18.6 Å². The second kappa shape index (κ2) is 6.42. The number of nitrogens with zero attached hydrogens (tertiary/aromatic N) is 3. The van der Waals surface area contributed by atoms with Gasteiger partial charge in [-0.2, -0.15) is 4.68 Å². The van der Waals surface area contributed by atoms with E-state index in [-0.39, 0.29) is 30.7 Å². The van der Waals surface area contributed by atoms with E-state index in [9.17, 15) is 18.4 Å². The minimum absolute atomic E-state index is 0.0856. The van der Waals surface area contributed by atoms with Crippen molar-refractivity contribution in [1.29, 1.82) is 0 Å². The minimum atomic E-state index is -0.705. The Morgan fingerprint density at radius 2 is 2.12 bits per heavy atom. The monoisotopic (exact) mass is 338 g/mol. The molecule has 0 bridgehead atoms. The molecule has 0 spiro atoms. The summed E-state index contributed by atoms with van der Waals surface area (Å²) in [6.07, 6.45) is 0.548. The fraction of sp³-hybridized carbons (Fsp3) is 0.400. The molecule has 1 N–H and O–H groups in total. The predicted molar refractivity (Wildman–Crippen MR) is 80.6 cm³/mol. The number of aryl methyl sites for hydroxylation is 1. The van der Waals surface area contributed by atoms with Gasteiger partial charge in [0.2, 0.25) is 11.8 Å². The average Bonchev–Trinajstić information content (AvgIpc) is 3.06. The number of nitrogens with one attached hydrogen (secondary N) is 1. The van der Waals surface area contributed by atoms with E-state index in [2.05, 4.69) is 10.4 Å². The summed E-state index contributed by atoms with van der Waals surface area (Å²) in [7, 11) is 0. The lowest BCUT2D eigenvalue weighted by molar-refractivity contribution is -0.122. The van der Waals surface area contributed by atoms with Crippen LogP contribution in [0.3, 0.4) is 0 Å². The fourth-order valence-electron chi connectivity index (χ4n) is 2.79. The molecule has 1 unspecified atom stereocenters. The van der Waals surface area contributed by atoms with Gasteiger partial charge in [-0.15, -0.1) is 5.10 Å². The Morgan fingerprint density at radius 3 is 2.75 bits per heavy atom. The summed E-state index contributed by atoms with van der Waals surface area (Å²) >= 11 is 0. The van der Waals surface area contributed by atoms with Gasteiger partial charge in [0.05, 0.1) is 0 Å². The molecular formula is C15H16F2N4O3. The minimum Gasteiger partial charge on any atom is -0.393 e. The first kappa shape index (κ1) is 16.2. The fourth-order valence-corrected chi connectivity index (χ4v) is 2.79. The van der Waals surface area contributed by atoms with Gasteiger partial charge in [0.15, 0.2) is 0 Å². The zero-order valence-corrected chi connectivity index (χ0v) is 13.0. The Bertz CT molecular complexity index is 797. The normalized spacial score (nSPS) is 17.3.